The van der Waals surface area contributed by atoms with Crippen LogP contribution < -0.4 is 36.9 Å². The zero-order valence-corrected chi connectivity index (χ0v) is 34.7. The van der Waals surface area contributed by atoms with E-state index < -0.39 is 0 Å². The summed E-state index contributed by atoms with van der Waals surface area (Å²) in [5.41, 5.74) is 0. The number of rotatable bonds is 0. The molecule has 0 fully saturated rings. The van der Waals surface area contributed by atoms with Crippen molar-refractivity contribution in [1.29, 1.82) is 0 Å². The Labute approximate surface area is 334 Å². The molecule has 0 rings (SSSR count). The molecule has 0 aromatic heterocycles. The van der Waals surface area contributed by atoms with Gasteiger partial charge in [-0.05, 0) is 0 Å². The molecule has 41 heavy (non-hydrogen) atoms. The Morgan fingerprint density at radius 1 is 0.0976 bits per heavy atom. The molecule has 0 bridgehead atoms. The molecule has 32 N–H and O–H groups in total. The van der Waals surface area contributed by atoms with Gasteiger partial charge in [-0.1, -0.05) is 0 Å². The molecule has 0 aromatic rings. The third kappa shape index (κ3) is 6250. The first-order valence-corrected chi connectivity index (χ1v) is 0. The van der Waals surface area contributed by atoms with Gasteiger partial charge in [-0.2, -0.15) is 0 Å². The molecule has 41 heteroatoms. The van der Waals surface area contributed by atoms with Gasteiger partial charge in [0, 0.05) is 147 Å². The summed E-state index contributed by atoms with van der Waals surface area (Å²) in [5, 5.41) is 0. The van der Waals surface area contributed by atoms with Crippen molar-refractivity contribution in [3.05, 3.63) is 0 Å². The summed E-state index contributed by atoms with van der Waals surface area (Å²) in [6, 6.07) is 0. The number of hydrogen-bond donors (Lipinski definition) is 6. The first-order valence-electron chi connectivity index (χ1n) is 0. The van der Waals surface area contributed by atoms with Crippen LogP contribution in [-0.4, -0.2) is 21.9 Å². The van der Waals surface area contributed by atoms with E-state index in [0.717, 1.165) is 0 Å². The fourth-order valence-corrected chi connectivity index (χ4v) is 0. The quantitative estimate of drug-likeness (QED) is 0.127. The average molecular weight is 1240 g/mol. The summed E-state index contributed by atoms with van der Waals surface area (Å²) in [6.45, 7) is 0. The molecule has 0 spiro atoms. The summed E-state index contributed by atoms with van der Waals surface area (Å²) >= 11 is 0. The van der Waals surface area contributed by atoms with Crippen LogP contribution in [0.5, 0.6) is 0 Å². The van der Waals surface area contributed by atoms with Crippen LogP contribution >= 0.6 is 0 Å². The van der Waals surface area contributed by atoms with Crippen molar-refractivity contribution >= 4 is 0 Å². The van der Waals surface area contributed by atoms with Crippen molar-refractivity contribution in [2.24, 2.45) is 0 Å². The first-order chi connectivity index (χ1) is 0. The largest absolute Gasteiger partial charge is 2.00 e. The molecular weight excluding hydrogens is 1200 g/mol. The van der Waals surface area contributed by atoms with Gasteiger partial charge in [0.1, 0.15) is 0 Å². The second-order valence-corrected chi connectivity index (χ2v) is 0. The van der Waals surface area contributed by atoms with Crippen LogP contribution in [-0.2, 0) is 279 Å². The topological polar surface area (TPSA) is 1030 Å². The third-order valence-corrected chi connectivity index (χ3v) is 0. The van der Waals surface area contributed by atoms with Gasteiger partial charge in [-0.3, -0.25) is 0 Å². The van der Waals surface area contributed by atoms with Crippen molar-refractivity contribution in [3.8, 4) is 0 Å². The molecule has 0 aliphatic rings. The Morgan fingerprint density at radius 2 is 0.0976 bits per heavy atom. The number of hydrogen-bond acceptors (Lipinski definition) is 0. The Kier molecular flexibility index (Phi) is 1120000. The molecule has 34 nitrogen and oxygen atoms in total. The summed E-state index contributed by atoms with van der Waals surface area (Å²) in [4.78, 5) is 0. The van der Waals surface area contributed by atoms with Crippen LogP contribution in [0.15, 0.2) is 0 Å². The summed E-state index contributed by atoms with van der Waals surface area (Å²) in [6.07, 6.45) is 0. The van der Waals surface area contributed by atoms with E-state index in [9.17, 15) is 0 Å². The molecule has 0 saturated heterocycles. The van der Waals surface area contributed by atoms with E-state index in [1.807, 2.05) is 0 Å². The molecule has 0 aliphatic heterocycles. The molecule has 0 heterocycles. The molecule has 0 aromatic carbocycles. The van der Waals surface area contributed by atoms with Gasteiger partial charge >= 0.3 is 0 Å². The molecule has 0 radical (unpaired) electrons. The Bertz CT molecular complexity index is 49.9. The van der Waals surface area contributed by atoms with E-state index in [2.05, 4.69) is 0 Å². The van der Waals surface area contributed by atoms with Gasteiger partial charge in [0.2, 0.25) is 0 Å². The van der Waals surface area contributed by atoms with E-state index >= 15 is 0 Å². The fourth-order valence-electron chi connectivity index (χ4n) is 0. The van der Waals surface area contributed by atoms with E-state index in [0.29, 0.717) is 0 Å². The van der Waals surface area contributed by atoms with Crippen molar-refractivity contribution in [2.75, 3.05) is 0 Å². The minimum atomic E-state index is 0. The van der Waals surface area contributed by atoms with Gasteiger partial charge in [-0.15, -0.1) is 0 Å². The maximum atomic E-state index is 0. The van der Waals surface area contributed by atoms with E-state index in [1.54, 1.807) is 0 Å². The maximum Gasteiger partial charge on any atom is 0 e. The molecule has 0 saturated carbocycles. The SMILES string of the molecule is O.O.O.O.[Mo].[Mo].[Mo].[Mo].[Mo].[Mo].[Mo].[NH4+].[NH4+].[NH4+].[NH4+].[NH4+].[NH4+].[O-2].[O-2].[O-2].[O-2].[O-2].[O-2].[O-2].[O-2].[O-2].[O-2].[O-2].[O-2].[O-2].[O-2].[O-2].[O-2].[O-2].[O-2].[O-2].[O-2].[O-2].[O-2].[O-2].[O-2]. The van der Waals surface area contributed by atoms with Gasteiger partial charge in [-0.25, -0.2) is 0 Å². The summed E-state index contributed by atoms with van der Waals surface area (Å²) < 4.78 is 0. The van der Waals surface area contributed by atoms with Crippen molar-refractivity contribution in [2.45, 2.75) is 0 Å². The second kappa shape index (κ2) is 6550. The standard InChI is InChI=1S/7Mo.6H3N.4H2O.24O/h;;;;;;;6*1H3;4*1H2;;;;;;;;;;;;;;;;;;;;;;;;/q;;;;;;;;;;;;;;;;;24*-2/p+6. The number of quaternary nitrogens is 6. The van der Waals surface area contributed by atoms with Crippen LogP contribution in [0.3, 0.4) is 0 Å². The predicted molar refractivity (Wildman–Crippen MR) is 66.8 cm³/mol. The zero-order valence-electron chi connectivity index (χ0n) is 20.7. The summed E-state index contributed by atoms with van der Waals surface area (Å²) in [5.74, 6) is 0. The molecule has 0 amide bonds. The van der Waals surface area contributed by atoms with Gasteiger partial charge in [0.05, 0.1) is 0 Å². The van der Waals surface area contributed by atoms with Gasteiger partial charge < -0.3 is 190 Å². The van der Waals surface area contributed by atoms with Gasteiger partial charge in [0.25, 0.3) is 0 Å². The van der Waals surface area contributed by atoms with E-state index in [4.69, 9.17) is 0 Å². The van der Waals surface area contributed by atoms with Gasteiger partial charge in [0.15, 0.2) is 0 Å². The average Bonchev–Trinajstić information content (AvgIpc) is 0. The smallest absolute Gasteiger partial charge is 0 e. The van der Waals surface area contributed by atoms with Crippen LogP contribution in [0.4, 0.5) is 0 Å². The minimum absolute atomic E-state index is 0. The second-order valence-electron chi connectivity index (χ2n) is 0. The van der Waals surface area contributed by atoms with Crippen LogP contribution in [0.1, 0.15) is 0 Å². The Hall–Kier alpha value is 3.46. The molecule has 0 atom stereocenters. The van der Waals surface area contributed by atoms with Crippen LogP contribution in [0.25, 0.3) is 0 Å². The minimum Gasteiger partial charge on any atom is -2.00 e. The normalized spacial score (nSPS) is 0. The van der Waals surface area contributed by atoms with Crippen LogP contribution in [0, 0.1) is 0 Å². The zero-order chi connectivity index (χ0) is 0. The predicted octanol–water partition coefficient (Wildman–Crippen LogP) is -3.91. The van der Waals surface area contributed by atoms with Crippen molar-refractivity contribution < 1.29 is 301 Å². The Balaban J connectivity index is 0. The third-order valence-electron chi connectivity index (χ3n) is 0. The van der Waals surface area contributed by atoms with E-state index in [1.165, 1.54) is 0 Å². The fraction of sp³-hybridized carbons (Fsp3) is 0. The monoisotopic (exact) mass is 1250 g/mol. The molecular formula is H32Mo7N6O28-42. The van der Waals surface area contributed by atoms with Crippen molar-refractivity contribution in [3.63, 3.8) is 0 Å². The molecule has 314 valence electrons. The first kappa shape index (κ1) is 7020. The summed E-state index contributed by atoms with van der Waals surface area (Å²) in [7, 11) is 0. The van der Waals surface area contributed by atoms with Crippen molar-refractivity contribution in [1.82, 2.24) is 36.9 Å². The molecule has 0 unspecified atom stereocenters. The Morgan fingerprint density at radius 3 is 0.0976 bits per heavy atom. The molecule has 0 aliphatic carbocycles. The van der Waals surface area contributed by atoms with Crippen LogP contribution in [0.2, 0.25) is 0 Å². The maximum absolute atomic E-state index is 0. The van der Waals surface area contributed by atoms with E-state index in [-0.39, 0.29) is 338 Å².